The van der Waals surface area contributed by atoms with Gasteiger partial charge in [0.25, 0.3) is 0 Å². The van der Waals surface area contributed by atoms with Crippen LogP contribution >= 0.6 is 0 Å². The van der Waals surface area contributed by atoms with Crippen molar-refractivity contribution in [2.45, 2.75) is 47.6 Å². The Morgan fingerprint density at radius 3 is 1.38 bits per heavy atom. The van der Waals surface area contributed by atoms with Gasteiger partial charge in [-0.25, -0.2) is 0 Å². The Bertz CT molecular complexity index is 160. The minimum Gasteiger partial charge on any atom is -0.344 e. The van der Waals surface area contributed by atoms with Gasteiger partial charge in [-0.15, -0.1) is 0 Å². The molecule has 0 aliphatic rings. The molecule has 0 heterocycles. The molecule has 2 heteroatoms. The van der Waals surface area contributed by atoms with Crippen LogP contribution in [-0.4, -0.2) is 24.4 Å². The Hall–Kier alpha value is -0.530. The molecule has 78 valence electrons. The van der Waals surface area contributed by atoms with Gasteiger partial charge in [-0.1, -0.05) is 41.5 Å². The van der Waals surface area contributed by atoms with Gasteiger partial charge in [-0.05, 0) is 10.8 Å². The Labute approximate surface area is 82.3 Å². The highest BCUT2D eigenvalue weighted by atomic mass is 16.1. The van der Waals surface area contributed by atoms with E-state index in [1.807, 2.05) is 7.05 Å². The number of hydrogen-bond donors (Lipinski definition) is 0. The van der Waals surface area contributed by atoms with Crippen molar-refractivity contribution < 1.29 is 4.79 Å². The van der Waals surface area contributed by atoms with Crippen molar-refractivity contribution >= 4 is 6.41 Å². The van der Waals surface area contributed by atoms with Crippen LogP contribution in [-0.2, 0) is 4.79 Å². The third kappa shape index (κ3) is 3.37. The lowest BCUT2D eigenvalue weighted by molar-refractivity contribution is -0.124. The number of hydrogen-bond acceptors (Lipinski definition) is 1. The van der Waals surface area contributed by atoms with Gasteiger partial charge in [0.1, 0.15) is 0 Å². The molecular weight excluding hydrogens is 162 g/mol. The minimum atomic E-state index is 0.119. The van der Waals surface area contributed by atoms with Crippen molar-refractivity contribution in [3.8, 4) is 0 Å². The predicted molar refractivity (Wildman–Crippen MR) is 56.5 cm³/mol. The summed E-state index contributed by atoms with van der Waals surface area (Å²) in [5.74, 6) is 0. The van der Waals surface area contributed by atoms with Crippen molar-refractivity contribution in [1.29, 1.82) is 0 Å². The quantitative estimate of drug-likeness (QED) is 0.605. The molecule has 0 saturated heterocycles. The molecule has 0 saturated carbocycles. The summed E-state index contributed by atoms with van der Waals surface area (Å²) in [7, 11) is 1.86. The standard InChI is InChI=1S/C11H23NO/c1-10(2,3)9(11(4,5)6)12(7)8-13/h8-9H,1-7H3. The van der Waals surface area contributed by atoms with E-state index in [1.54, 1.807) is 4.90 Å². The molecule has 0 aromatic rings. The van der Waals surface area contributed by atoms with Crippen molar-refractivity contribution in [3.05, 3.63) is 0 Å². The average Bonchev–Trinajstić information content (AvgIpc) is 1.80. The smallest absolute Gasteiger partial charge is 0.209 e. The largest absolute Gasteiger partial charge is 0.344 e. The summed E-state index contributed by atoms with van der Waals surface area (Å²) >= 11 is 0. The number of amides is 1. The monoisotopic (exact) mass is 185 g/mol. The third-order valence-corrected chi connectivity index (χ3v) is 2.21. The number of nitrogens with zero attached hydrogens (tertiary/aromatic N) is 1. The highest BCUT2D eigenvalue weighted by molar-refractivity contribution is 5.47. The molecule has 2 nitrogen and oxygen atoms in total. The first-order valence-electron chi connectivity index (χ1n) is 4.78. The van der Waals surface area contributed by atoms with Gasteiger partial charge in [0.15, 0.2) is 0 Å². The molecule has 0 radical (unpaired) electrons. The second-order valence-corrected chi connectivity index (χ2v) is 5.91. The van der Waals surface area contributed by atoms with Gasteiger partial charge in [-0.3, -0.25) is 4.79 Å². The maximum absolute atomic E-state index is 10.8. The highest BCUT2D eigenvalue weighted by Gasteiger charge is 2.37. The molecule has 0 unspecified atom stereocenters. The summed E-state index contributed by atoms with van der Waals surface area (Å²) in [6.07, 6.45) is 0.918. The van der Waals surface area contributed by atoms with Crippen molar-refractivity contribution in [2.24, 2.45) is 10.8 Å². The molecule has 0 N–H and O–H groups in total. The van der Waals surface area contributed by atoms with E-state index in [9.17, 15) is 4.79 Å². The van der Waals surface area contributed by atoms with Gasteiger partial charge in [0, 0.05) is 13.1 Å². The van der Waals surface area contributed by atoms with E-state index < -0.39 is 0 Å². The average molecular weight is 185 g/mol. The van der Waals surface area contributed by atoms with Crippen molar-refractivity contribution in [1.82, 2.24) is 4.90 Å². The van der Waals surface area contributed by atoms with Crippen LogP contribution < -0.4 is 0 Å². The molecule has 0 bridgehead atoms. The van der Waals surface area contributed by atoms with Crippen LogP contribution in [0.5, 0.6) is 0 Å². The van der Waals surface area contributed by atoms with Gasteiger partial charge in [-0.2, -0.15) is 0 Å². The van der Waals surface area contributed by atoms with E-state index in [0.29, 0.717) is 0 Å². The fraction of sp³-hybridized carbons (Fsp3) is 0.909. The van der Waals surface area contributed by atoms with E-state index in [2.05, 4.69) is 41.5 Å². The Morgan fingerprint density at radius 2 is 1.31 bits per heavy atom. The Morgan fingerprint density at radius 1 is 1.00 bits per heavy atom. The molecular formula is C11H23NO. The van der Waals surface area contributed by atoms with E-state index >= 15 is 0 Å². The summed E-state index contributed by atoms with van der Waals surface area (Å²) in [6.45, 7) is 13.0. The first-order chi connectivity index (χ1) is 5.60. The second kappa shape index (κ2) is 3.69. The molecule has 13 heavy (non-hydrogen) atoms. The zero-order chi connectivity index (χ0) is 10.9. The van der Waals surface area contributed by atoms with Crippen LogP contribution in [0, 0.1) is 10.8 Å². The van der Waals surface area contributed by atoms with Crippen LogP contribution in [0.4, 0.5) is 0 Å². The van der Waals surface area contributed by atoms with Crippen LogP contribution in [0.1, 0.15) is 41.5 Å². The lowest BCUT2D eigenvalue weighted by atomic mass is 9.71. The Kier molecular flexibility index (Phi) is 3.54. The van der Waals surface area contributed by atoms with Crippen LogP contribution in [0.3, 0.4) is 0 Å². The fourth-order valence-corrected chi connectivity index (χ4v) is 2.58. The lowest BCUT2D eigenvalue weighted by Crippen LogP contribution is -2.49. The maximum Gasteiger partial charge on any atom is 0.209 e. The minimum absolute atomic E-state index is 0.119. The first-order valence-corrected chi connectivity index (χ1v) is 4.78. The van der Waals surface area contributed by atoms with E-state index in [-0.39, 0.29) is 16.9 Å². The number of carbonyl (C=O) groups excluding carboxylic acids is 1. The van der Waals surface area contributed by atoms with Crippen LogP contribution in [0.2, 0.25) is 0 Å². The topological polar surface area (TPSA) is 20.3 Å². The summed E-state index contributed by atoms with van der Waals surface area (Å²) < 4.78 is 0. The van der Waals surface area contributed by atoms with Crippen LogP contribution in [0.25, 0.3) is 0 Å². The third-order valence-electron chi connectivity index (χ3n) is 2.21. The zero-order valence-corrected chi connectivity index (χ0v) is 10.0. The molecule has 1 amide bonds. The molecule has 0 fully saturated rings. The molecule has 0 rings (SSSR count). The predicted octanol–water partition coefficient (Wildman–Crippen LogP) is 2.54. The molecule has 0 aliphatic carbocycles. The molecule has 0 aromatic heterocycles. The molecule has 0 aromatic carbocycles. The van der Waals surface area contributed by atoms with E-state index in [1.165, 1.54) is 0 Å². The van der Waals surface area contributed by atoms with Crippen molar-refractivity contribution in [2.75, 3.05) is 7.05 Å². The van der Waals surface area contributed by atoms with Crippen LogP contribution in [0.15, 0.2) is 0 Å². The SMILES string of the molecule is CN(C=O)C(C(C)(C)C)C(C)(C)C. The highest BCUT2D eigenvalue weighted by Crippen LogP contribution is 2.36. The van der Waals surface area contributed by atoms with Gasteiger partial charge < -0.3 is 4.90 Å². The first kappa shape index (κ1) is 12.5. The van der Waals surface area contributed by atoms with Crippen molar-refractivity contribution in [3.63, 3.8) is 0 Å². The van der Waals surface area contributed by atoms with Gasteiger partial charge in [0.05, 0.1) is 0 Å². The van der Waals surface area contributed by atoms with E-state index in [0.717, 1.165) is 6.41 Å². The fourth-order valence-electron chi connectivity index (χ4n) is 2.58. The van der Waals surface area contributed by atoms with Gasteiger partial charge >= 0.3 is 0 Å². The second-order valence-electron chi connectivity index (χ2n) is 5.91. The number of rotatable bonds is 2. The number of carbonyl (C=O) groups is 1. The summed E-state index contributed by atoms with van der Waals surface area (Å²) in [5.41, 5.74) is 0.238. The van der Waals surface area contributed by atoms with Gasteiger partial charge in [0.2, 0.25) is 6.41 Å². The summed E-state index contributed by atoms with van der Waals surface area (Å²) in [5, 5.41) is 0. The maximum atomic E-state index is 10.8. The summed E-state index contributed by atoms with van der Waals surface area (Å²) in [6, 6.07) is 0.262. The summed E-state index contributed by atoms with van der Waals surface area (Å²) in [4.78, 5) is 12.5. The normalized spacial score (nSPS) is 13.2. The lowest BCUT2D eigenvalue weighted by Gasteiger charge is -2.44. The zero-order valence-electron chi connectivity index (χ0n) is 10.0. The molecule has 0 spiro atoms. The van der Waals surface area contributed by atoms with E-state index in [4.69, 9.17) is 0 Å². The molecule has 0 aliphatic heterocycles. The molecule has 0 atom stereocenters. The Balaban J connectivity index is 4.88.